The lowest BCUT2D eigenvalue weighted by molar-refractivity contribution is 0.453. The van der Waals surface area contributed by atoms with Gasteiger partial charge < -0.3 is 5.32 Å². The minimum Gasteiger partial charge on any atom is -0.316 e. The standard InChI is InChI=1S/C18H27N3/c1-5-14(2)21-12-11-17(20-21)13-18(19-4)15(3)16-9-7-6-8-10-16/h6-12,14-15,18-19H,5,13H2,1-4H3. The number of hydrogen-bond acceptors (Lipinski definition) is 2. The molecule has 1 aromatic carbocycles. The third kappa shape index (κ3) is 3.94. The number of aromatic nitrogens is 2. The van der Waals surface area contributed by atoms with Crippen molar-refractivity contribution < 1.29 is 0 Å². The van der Waals surface area contributed by atoms with Crippen LogP contribution in [-0.4, -0.2) is 22.9 Å². The van der Waals surface area contributed by atoms with Crippen molar-refractivity contribution in [1.29, 1.82) is 0 Å². The van der Waals surface area contributed by atoms with Crippen LogP contribution >= 0.6 is 0 Å². The van der Waals surface area contributed by atoms with E-state index in [9.17, 15) is 0 Å². The van der Waals surface area contributed by atoms with Crippen LogP contribution in [0.4, 0.5) is 0 Å². The van der Waals surface area contributed by atoms with Crippen molar-refractivity contribution in [2.24, 2.45) is 0 Å². The summed E-state index contributed by atoms with van der Waals surface area (Å²) in [6, 6.07) is 13.7. The summed E-state index contributed by atoms with van der Waals surface area (Å²) in [6.07, 6.45) is 4.16. The van der Waals surface area contributed by atoms with E-state index in [4.69, 9.17) is 5.10 Å². The summed E-state index contributed by atoms with van der Waals surface area (Å²) < 4.78 is 2.08. The molecule has 114 valence electrons. The van der Waals surface area contributed by atoms with Gasteiger partial charge in [-0.2, -0.15) is 5.10 Å². The first-order chi connectivity index (χ1) is 10.2. The third-order valence-corrected chi connectivity index (χ3v) is 4.43. The van der Waals surface area contributed by atoms with Crippen molar-refractivity contribution in [2.45, 2.75) is 51.6 Å². The van der Waals surface area contributed by atoms with Crippen LogP contribution in [0, 0.1) is 0 Å². The van der Waals surface area contributed by atoms with Gasteiger partial charge >= 0.3 is 0 Å². The molecule has 3 atom stereocenters. The highest BCUT2D eigenvalue weighted by molar-refractivity contribution is 5.21. The van der Waals surface area contributed by atoms with Crippen molar-refractivity contribution in [1.82, 2.24) is 15.1 Å². The van der Waals surface area contributed by atoms with Crippen molar-refractivity contribution in [2.75, 3.05) is 7.05 Å². The lowest BCUT2D eigenvalue weighted by Crippen LogP contribution is -2.33. The van der Waals surface area contributed by atoms with E-state index in [-0.39, 0.29) is 0 Å². The molecular weight excluding hydrogens is 258 g/mol. The highest BCUT2D eigenvalue weighted by Crippen LogP contribution is 2.21. The zero-order chi connectivity index (χ0) is 15.2. The fourth-order valence-corrected chi connectivity index (χ4v) is 2.66. The molecule has 1 heterocycles. The van der Waals surface area contributed by atoms with E-state index in [2.05, 4.69) is 73.4 Å². The van der Waals surface area contributed by atoms with Gasteiger partial charge in [-0.15, -0.1) is 0 Å². The zero-order valence-corrected chi connectivity index (χ0v) is 13.6. The molecule has 0 aliphatic carbocycles. The molecule has 3 nitrogen and oxygen atoms in total. The van der Waals surface area contributed by atoms with Crippen molar-refractivity contribution in [3.8, 4) is 0 Å². The Balaban J connectivity index is 2.07. The maximum absolute atomic E-state index is 4.72. The first-order valence-corrected chi connectivity index (χ1v) is 7.92. The van der Waals surface area contributed by atoms with Crippen molar-refractivity contribution in [3.05, 3.63) is 53.9 Å². The quantitative estimate of drug-likeness (QED) is 0.839. The minimum absolute atomic E-state index is 0.396. The molecule has 0 saturated heterocycles. The SMILES string of the molecule is CCC(C)n1ccc(CC(NC)C(C)c2ccccc2)n1. The highest BCUT2D eigenvalue weighted by Gasteiger charge is 2.19. The van der Waals surface area contributed by atoms with E-state index in [0.717, 1.165) is 18.5 Å². The molecule has 2 rings (SSSR count). The maximum Gasteiger partial charge on any atom is 0.0640 e. The van der Waals surface area contributed by atoms with E-state index < -0.39 is 0 Å². The van der Waals surface area contributed by atoms with Crippen LogP contribution in [0.25, 0.3) is 0 Å². The number of likely N-dealkylation sites (N-methyl/N-ethyl adjacent to an activating group) is 1. The van der Waals surface area contributed by atoms with Crippen LogP contribution in [0.3, 0.4) is 0 Å². The Hall–Kier alpha value is -1.61. The first-order valence-electron chi connectivity index (χ1n) is 7.92. The average molecular weight is 285 g/mol. The molecular formula is C18H27N3. The highest BCUT2D eigenvalue weighted by atomic mass is 15.3. The molecule has 0 aliphatic rings. The Kier molecular flexibility index (Phi) is 5.57. The Morgan fingerprint density at radius 1 is 1.14 bits per heavy atom. The van der Waals surface area contributed by atoms with Crippen molar-refractivity contribution >= 4 is 0 Å². The van der Waals surface area contributed by atoms with Crippen molar-refractivity contribution in [3.63, 3.8) is 0 Å². The molecule has 2 aromatic rings. The summed E-state index contributed by atoms with van der Waals surface area (Å²) in [6.45, 7) is 6.68. The Morgan fingerprint density at radius 2 is 1.86 bits per heavy atom. The lowest BCUT2D eigenvalue weighted by atomic mass is 9.90. The van der Waals surface area contributed by atoms with Crippen LogP contribution in [0.1, 0.15) is 50.4 Å². The summed E-state index contributed by atoms with van der Waals surface area (Å²) in [5, 5.41) is 8.17. The van der Waals surface area contributed by atoms with E-state index in [1.165, 1.54) is 5.56 Å². The number of rotatable bonds is 7. The van der Waals surface area contributed by atoms with Crippen LogP contribution in [0.2, 0.25) is 0 Å². The van der Waals surface area contributed by atoms with Gasteiger partial charge in [-0.05, 0) is 37.9 Å². The van der Waals surface area contributed by atoms with E-state index in [1.54, 1.807) is 0 Å². The third-order valence-electron chi connectivity index (χ3n) is 4.43. The summed E-state index contributed by atoms with van der Waals surface area (Å²) in [7, 11) is 2.04. The normalized spacial score (nSPS) is 15.6. The fraction of sp³-hybridized carbons (Fsp3) is 0.500. The molecule has 1 N–H and O–H groups in total. The van der Waals surface area contributed by atoms with Gasteiger partial charge in [-0.3, -0.25) is 4.68 Å². The molecule has 1 aromatic heterocycles. The molecule has 0 bridgehead atoms. The monoisotopic (exact) mass is 285 g/mol. The average Bonchev–Trinajstić information content (AvgIpc) is 3.00. The summed E-state index contributed by atoms with van der Waals surface area (Å²) in [4.78, 5) is 0. The second-order valence-electron chi connectivity index (χ2n) is 5.84. The predicted molar refractivity (Wildman–Crippen MR) is 88.6 cm³/mol. The van der Waals surface area contributed by atoms with E-state index >= 15 is 0 Å². The smallest absolute Gasteiger partial charge is 0.0640 e. The first kappa shape index (κ1) is 15.8. The molecule has 3 unspecified atom stereocenters. The number of nitrogens with zero attached hydrogens (tertiary/aromatic N) is 2. The van der Waals surface area contributed by atoms with Crippen LogP contribution < -0.4 is 5.32 Å². The van der Waals surface area contributed by atoms with Gasteiger partial charge in [0.2, 0.25) is 0 Å². The van der Waals surface area contributed by atoms with Gasteiger partial charge in [0.1, 0.15) is 0 Å². The Morgan fingerprint density at radius 3 is 2.48 bits per heavy atom. The van der Waals surface area contributed by atoms with Gasteiger partial charge in [0.05, 0.1) is 5.69 Å². The van der Waals surface area contributed by atoms with Crippen LogP contribution in [-0.2, 0) is 6.42 Å². The Labute approximate surface area is 128 Å². The van der Waals surface area contributed by atoms with Crippen LogP contribution in [0.5, 0.6) is 0 Å². The molecule has 0 amide bonds. The number of hydrogen-bond donors (Lipinski definition) is 1. The summed E-state index contributed by atoms with van der Waals surface area (Å²) >= 11 is 0. The lowest BCUT2D eigenvalue weighted by Gasteiger charge is -2.23. The molecule has 0 aliphatic heterocycles. The van der Waals surface area contributed by atoms with E-state index in [1.807, 2.05) is 7.05 Å². The van der Waals surface area contributed by atoms with Gasteiger partial charge in [0, 0.05) is 24.7 Å². The van der Waals surface area contributed by atoms with Gasteiger partial charge in [-0.1, -0.05) is 44.2 Å². The molecule has 3 heteroatoms. The topological polar surface area (TPSA) is 29.9 Å². The molecule has 21 heavy (non-hydrogen) atoms. The molecule has 0 spiro atoms. The molecule has 0 fully saturated rings. The van der Waals surface area contributed by atoms with Gasteiger partial charge in [0.25, 0.3) is 0 Å². The summed E-state index contributed by atoms with van der Waals surface area (Å²) in [5.41, 5.74) is 2.54. The number of nitrogens with one attached hydrogen (secondary N) is 1. The Bertz CT molecular complexity index is 532. The largest absolute Gasteiger partial charge is 0.316 e. The van der Waals surface area contributed by atoms with Crippen LogP contribution in [0.15, 0.2) is 42.6 Å². The fourth-order valence-electron chi connectivity index (χ4n) is 2.66. The van der Waals surface area contributed by atoms with Gasteiger partial charge in [-0.25, -0.2) is 0 Å². The molecule has 0 radical (unpaired) electrons. The predicted octanol–water partition coefficient (Wildman–Crippen LogP) is 3.79. The summed E-state index contributed by atoms with van der Waals surface area (Å²) in [5.74, 6) is 0.463. The maximum atomic E-state index is 4.72. The number of benzene rings is 1. The minimum atomic E-state index is 0.396. The molecule has 0 saturated carbocycles. The zero-order valence-electron chi connectivity index (χ0n) is 13.6. The second kappa shape index (κ2) is 7.41. The second-order valence-corrected chi connectivity index (χ2v) is 5.84. The van der Waals surface area contributed by atoms with Gasteiger partial charge in [0.15, 0.2) is 0 Å². The van der Waals surface area contributed by atoms with E-state index in [0.29, 0.717) is 18.0 Å².